The Morgan fingerprint density at radius 2 is 1.46 bits per heavy atom. The van der Waals surface area contributed by atoms with Gasteiger partial charge >= 0.3 is 21.3 Å². The predicted molar refractivity (Wildman–Crippen MR) is 90.0 cm³/mol. The van der Waals surface area contributed by atoms with Gasteiger partial charge in [0.2, 0.25) is 0 Å². The van der Waals surface area contributed by atoms with Crippen LogP contribution in [0.2, 0.25) is 0 Å². The molecular formula is C16H9F3O7S2. The van der Waals surface area contributed by atoms with Crippen LogP contribution in [0.1, 0.15) is 0 Å². The van der Waals surface area contributed by atoms with Gasteiger partial charge in [-0.1, -0.05) is 12.1 Å². The van der Waals surface area contributed by atoms with Crippen molar-refractivity contribution in [1.82, 2.24) is 0 Å². The van der Waals surface area contributed by atoms with Gasteiger partial charge in [-0.2, -0.15) is 21.6 Å². The van der Waals surface area contributed by atoms with E-state index in [1.54, 1.807) is 0 Å². The molecule has 1 heterocycles. The smallest absolute Gasteiger partial charge is 0.423 e. The van der Waals surface area contributed by atoms with E-state index in [0.29, 0.717) is 17.5 Å². The van der Waals surface area contributed by atoms with Crippen molar-refractivity contribution in [3.05, 3.63) is 65.0 Å². The predicted octanol–water partition coefficient (Wildman–Crippen LogP) is 2.85. The van der Waals surface area contributed by atoms with Gasteiger partial charge in [-0.25, -0.2) is 13.2 Å². The van der Waals surface area contributed by atoms with E-state index in [4.69, 9.17) is 8.60 Å². The third-order valence-corrected chi connectivity index (χ3v) is 6.49. The molecule has 0 bridgehead atoms. The minimum absolute atomic E-state index is 0.0311. The van der Waals surface area contributed by atoms with Crippen LogP contribution in [0.4, 0.5) is 13.2 Å². The fraction of sp³-hybridized carbons (Fsp3) is 0.0625. The Morgan fingerprint density at radius 1 is 0.857 bits per heavy atom. The van der Waals surface area contributed by atoms with Crippen LogP contribution in [0, 0.1) is 0 Å². The molecule has 0 aliphatic rings. The average molecular weight is 434 g/mol. The molecule has 0 amide bonds. The summed E-state index contributed by atoms with van der Waals surface area (Å²) in [5, 5.41) is 0.435. The number of halogens is 3. The molecule has 12 heteroatoms. The van der Waals surface area contributed by atoms with Crippen LogP contribution in [0.3, 0.4) is 0 Å². The fourth-order valence-electron chi connectivity index (χ4n) is 2.27. The highest BCUT2D eigenvalue weighted by Gasteiger charge is 2.49. The van der Waals surface area contributed by atoms with E-state index in [9.17, 15) is 34.8 Å². The molecule has 0 aliphatic carbocycles. The lowest BCUT2D eigenvalue weighted by molar-refractivity contribution is -0.0437. The molecule has 148 valence electrons. The Morgan fingerprint density at radius 3 is 2.11 bits per heavy atom. The Bertz CT molecular complexity index is 1320. The zero-order chi connectivity index (χ0) is 20.7. The third kappa shape index (κ3) is 3.60. The molecule has 3 aromatic rings. The second kappa shape index (κ2) is 6.63. The van der Waals surface area contributed by atoms with Crippen molar-refractivity contribution in [2.75, 3.05) is 0 Å². The summed E-state index contributed by atoms with van der Waals surface area (Å²) in [4.78, 5) is 8.61. The summed E-state index contributed by atoms with van der Waals surface area (Å²) < 4.78 is 96.5. The van der Waals surface area contributed by atoms with Gasteiger partial charge in [-0.3, -0.25) is 0 Å². The van der Waals surface area contributed by atoms with Gasteiger partial charge in [0.25, 0.3) is 9.84 Å². The van der Waals surface area contributed by atoms with Crippen LogP contribution in [-0.4, -0.2) is 22.3 Å². The number of hydrogen-bond acceptors (Lipinski definition) is 7. The number of hydrogen-bond donors (Lipinski definition) is 0. The van der Waals surface area contributed by atoms with Crippen LogP contribution in [0.15, 0.2) is 73.6 Å². The molecule has 3 rings (SSSR count). The molecule has 0 saturated carbocycles. The molecule has 0 N–H and O–H groups in total. The summed E-state index contributed by atoms with van der Waals surface area (Å²) in [5.41, 5.74) is -6.45. The van der Waals surface area contributed by atoms with Gasteiger partial charge in [0.1, 0.15) is 16.2 Å². The molecule has 0 unspecified atom stereocenters. The van der Waals surface area contributed by atoms with Gasteiger partial charge in [0.05, 0.1) is 4.90 Å². The van der Waals surface area contributed by atoms with E-state index >= 15 is 0 Å². The Labute approximate surface area is 156 Å². The first-order valence-electron chi connectivity index (χ1n) is 7.31. The highest BCUT2D eigenvalue weighted by atomic mass is 32.2. The van der Waals surface area contributed by atoms with Crippen LogP contribution < -0.4 is 9.81 Å². The van der Waals surface area contributed by atoms with E-state index in [1.807, 2.05) is 0 Å². The molecule has 0 atom stereocenters. The SMILES string of the molecule is O=c1ccc2ccc(OS(=O)(=O)c3ccccc3S(=O)(=O)C(F)(F)F)cc2o1. The van der Waals surface area contributed by atoms with Crippen LogP contribution >= 0.6 is 0 Å². The Kier molecular flexibility index (Phi) is 4.71. The summed E-state index contributed by atoms with van der Waals surface area (Å²) in [6.45, 7) is 0. The molecule has 0 saturated heterocycles. The van der Waals surface area contributed by atoms with Crippen LogP contribution in [-0.2, 0) is 20.0 Å². The number of benzene rings is 2. The van der Waals surface area contributed by atoms with Crippen molar-refractivity contribution >= 4 is 30.9 Å². The van der Waals surface area contributed by atoms with Crippen LogP contribution in [0.5, 0.6) is 5.75 Å². The van der Waals surface area contributed by atoms with E-state index in [-0.39, 0.29) is 11.3 Å². The number of sulfone groups is 1. The first-order chi connectivity index (χ1) is 12.9. The molecule has 7 nitrogen and oxygen atoms in total. The minimum atomic E-state index is -5.94. The maximum atomic E-state index is 12.9. The second-order valence-corrected chi connectivity index (χ2v) is 8.81. The summed E-state index contributed by atoms with van der Waals surface area (Å²) >= 11 is 0. The van der Waals surface area contributed by atoms with E-state index in [0.717, 1.165) is 24.3 Å². The van der Waals surface area contributed by atoms with Crippen molar-refractivity contribution < 1.29 is 38.6 Å². The van der Waals surface area contributed by atoms with Crippen molar-refractivity contribution in [1.29, 1.82) is 0 Å². The van der Waals surface area contributed by atoms with Gasteiger partial charge in [-0.15, -0.1) is 0 Å². The average Bonchev–Trinajstić information content (AvgIpc) is 2.60. The van der Waals surface area contributed by atoms with Gasteiger partial charge in [0, 0.05) is 17.5 Å². The minimum Gasteiger partial charge on any atom is -0.423 e. The number of alkyl halides is 3. The summed E-state index contributed by atoms with van der Waals surface area (Å²) in [7, 11) is -10.9. The van der Waals surface area contributed by atoms with Gasteiger partial charge in [0.15, 0.2) is 0 Å². The standard InChI is InChI=1S/C16H9F3O7S2/c17-16(18,19)27(21,22)13-3-1-2-4-14(13)28(23,24)26-11-7-5-10-6-8-15(20)25-12(10)9-11/h1-9H. The van der Waals surface area contributed by atoms with Crippen molar-refractivity contribution in [3.8, 4) is 5.75 Å². The van der Waals surface area contributed by atoms with E-state index in [1.165, 1.54) is 18.2 Å². The highest BCUT2D eigenvalue weighted by molar-refractivity contribution is 7.93. The lowest BCUT2D eigenvalue weighted by atomic mass is 10.2. The fourth-order valence-corrected chi connectivity index (χ4v) is 4.75. The molecule has 0 radical (unpaired) electrons. The van der Waals surface area contributed by atoms with Crippen molar-refractivity contribution in [2.24, 2.45) is 0 Å². The quantitative estimate of drug-likeness (QED) is 0.459. The Balaban J connectivity index is 2.09. The molecule has 0 aliphatic heterocycles. The lowest BCUT2D eigenvalue weighted by Crippen LogP contribution is -2.26. The first kappa shape index (κ1) is 19.9. The summed E-state index contributed by atoms with van der Waals surface area (Å²) in [5.74, 6) is -0.388. The number of rotatable bonds is 4. The molecule has 1 aromatic heterocycles. The largest absolute Gasteiger partial charge is 0.501 e. The monoisotopic (exact) mass is 434 g/mol. The van der Waals surface area contributed by atoms with Crippen molar-refractivity contribution in [2.45, 2.75) is 15.3 Å². The van der Waals surface area contributed by atoms with E-state index in [2.05, 4.69) is 0 Å². The second-order valence-electron chi connectivity index (χ2n) is 5.39. The molecule has 0 fully saturated rings. The van der Waals surface area contributed by atoms with Crippen molar-refractivity contribution in [3.63, 3.8) is 0 Å². The maximum absolute atomic E-state index is 12.9. The lowest BCUT2D eigenvalue weighted by Gasteiger charge is -2.13. The molecule has 28 heavy (non-hydrogen) atoms. The normalized spacial score (nSPS) is 12.8. The summed E-state index contributed by atoms with van der Waals surface area (Å²) in [6, 6.07) is 9.28. The molecular weight excluding hydrogens is 425 g/mol. The molecule has 2 aromatic carbocycles. The first-order valence-corrected chi connectivity index (χ1v) is 10.2. The van der Waals surface area contributed by atoms with E-state index < -0.39 is 40.9 Å². The topological polar surface area (TPSA) is 108 Å². The molecule has 0 spiro atoms. The highest BCUT2D eigenvalue weighted by Crippen LogP contribution is 2.34. The zero-order valence-electron chi connectivity index (χ0n) is 13.5. The maximum Gasteiger partial charge on any atom is 0.501 e. The zero-order valence-corrected chi connectivity index (χ0v) is 15.1. The van der Waals surface area contributed by atoms with Gasteiger partial charge < -0.3 is 8.60 Å². The Hall–Kier alpha value is -2.86. The summed E-state index contributed by atoms with van der Waals surface area (Å²) in [6.07, 6.45) is 0. The number of fused-ring (bicyclic) bond motifs is 1. The van der Waals surface area contributed by atoms with Crippen LogP contribution in [0.25, 0.3) is 11.0 Å². The third-order valence-electron chi connectivity index (χ3n) is 3.51. The van der Waals surface area contributed by atoms with Gasteiger partial charge in [-0.05, 0) is 30.3 Å².